The van der Waals surface area contributed by atoms with Gasteiger partial charge in [0.15, 0.2) is 11.6 Å². The molecule has 0 saturated heterocycles. The Balaban J connectivity index is 3.44. The predicted octanol–water partition coefficient (Wildman–Crippen LogP) is 1.82. The molecule has 3 N–H and O–H groups in total. The second kappa shape index (κ2) is 4.75. The Labute approximate surface area is 98.1 Å². The van der Waals surface area contributed by atoms with Gasteiger partial charge in [0.2, 0.25) is 5.82 Å². The molecule has 0 heterocycles. The molecule has 88 valence electrons. The van der Waals surface area contributed by atoms with Crippen molar-refractivity contribution >= 4 is 21.9 Å². The van der Waals surface area contributed by atoms with Gasteiger partial charge in [-0.2, -0.15) is 4.39 Å². The molecular formula is C9H8BrF2NO3. The molecule has 4 nitrogen and oxygen atoms in total. The lowest BCUT2D eigenvalue weighted by atomic mass is 10.1. The fourth-order valence-corrected chi connectivity index (χ4v) is 1.59. The molecule has 0 fully saturated rings. The van der Waals surface area contributed by atoms with E-state index >= 15 is 0 Å². The summed E-state index contributed by atoms with van der Waals surface area (Å²) >= 11 is 2.76. The summed E-state index contributed by atoms with van der Waals surface area (Å²) < 4.78 is 30.9. The van der Waals surface area contributed by atoms with Gasteiger partial charge in [0, 0.05) is 5.56 Å². The summed E-state index contributed by atoms with van der Waals surface area (Å²) in [6, 6.07) is -0.405. The third kappa shape index (κ3) is 2.14. The van der Waals surface area contributed by atoms with Gasteiger partial charge in [-0.15, -0.1) is 0 Å². The molecule has 1 aromatic carbocycles. The van der Waals surface area contributed by atoms with Crippen molar-refractivity contribution in [3.63, 3.8) is 0 Å². The third-order valence-corrected chi connectivity index (χ3v) is 2.53. The number of hydrogen-bond donors (Lipinski definition) is 2. The van der Waals surface area contributed by atoms with Gasteiger partial charge in [-0.1, -0.05) is 0 Å². The summed E-state index contributed by atoms with van der Waals surface area (Å²) in [5.41, 5.74) is 5.17. The SMILES string of the molecule is COc1c(C(N)C(=O)O)cc(Br)c(F)c1F. The molecule has 0 spiro atoms. The second-order valence-corrected chi connectivity index (χ2v) is 3.78. The molecule has 16 heavy (non-hydrogen) atoms. The van der Waals surface area contributed by atoms with Crippen LogP contribution in [0.3, 0.4) is 0 Å². The van der Waals surface area contributed by atoms with Gasteiger partial charge in [-0.25, -0.2) is 4.39 Å². The second-order valence-electron chi connectivity index (χ2n) is 2.92. The minimum absolute atomic E-state index is 0.138. The first-order valence-corrected chi connectivity index (χ1v) is 4.89. The Kier molecular flexibility index (Phi) is 3.82. The number of benzene rings is 1. The summed E-state index contributed by atoms with van der Waals surface area (Å²) in [5, 5.41) is 8.69. The number of methoxy groups -OCH3 is 1. The molecule has 1 unspecified atom stereocenters. The maximum atomic E-state index is 13.4. The van der Waals surface area contributed by atoms with Crippen molar-refractivity contribution in [2.24, 2.45) is 5.73 Å². The third-order valence-electron chi connectivity index (χ3n) is 1.95. The van der Waals surface area contributed by atoms with Gasteiger partial charge in [0.05, 0.1) is 11.6 Å². The smallest absolute Gasteiger partial charge is 0.325 e. The maximum Gasteiger partial charge on any atom is 0.325 e. The van der Waals surface area contributed by atoms with Crippen LogP contribution in [0.25, 0.3) is 0 Å². The summed E-state index contributed by atoms with van der Waals surface area (Å²) in [7, 11) is 1.10. The van der Waals surface area contributed by atoms with Crippen molar-refractivity contribution in [1.29, 1.82) is 0 Å². The lowest BCUT2D eigenvalue weighted by Gasteiger charge is -2.14. The highest BCUT2D eigenvalue weighted by Gasteiger charge is 2.25. The fraction of sp³-hybridized carbons (Fsp3) is 0.222. The van der Waals surface area contributed by atoms with Crippen LogP contribution in [-0.2, 0) is 4.79 Å². The minimum atomic E-state index is -1.48. The molecule has 0 aliphatic heterocycles. The fourth-order valence-electron chi connectivity index (χ4n) is 1.17. The predicted molar refractivity (Wildman–Crippen MR) is 55.2 cm³/mol. The lowest BCUT2D eigenvalue weighted by molar-refractivity contribution is -0.138. The first kappa shape index (κ1) is 12.9. The Bertz CT molecular complexity index is 439. The largest absolute Gasteiger partial charge is 0.493 e. The van der Waals surface area contributed by atoms with Crippen molar-refractivity contribution in [3.05, 3.63) is 27.7 Å². The molecule has 7 heteroatoms. The van der Waals surface area contributed by atoms with Crippen LogP contribution in [0.5, 0.6) is 5.75 Å². The molecule has 1 rings (SSSR count). The molecule has 0 bridgehead atoms. The molecule has 0 saturated carbocycles. The number of aliphatic carboxylic acids is 1. The monoisotopic (exact) mass is 295 g/mol. The quantitative estimate of drug-likeness (QED) is 0.835. The van der Waals surface area contributed by atoms with Crippen molar-refractivity contribution in [3.8, 4) is 5.75 Å². The normalized spacial score (nSPS) is 12.3. The highest BCUT2D eigenvalue weighted by atomic mass is 79.9. The van der Waals surface area contributed by atoms with Gasteiger partial charge >= 0.3 is 5.97 Å². The highest BCUT2D eigenvalue weighted by molar-refractivity contribution is 9.10. The molecule has 1 aromatic rings. The Hall–Kier alpha value is -1.21. The zero-order chi connectivity index (χ0) is 12.5. The van der Waals surface area contributed by atoms with Gasteiger partial charge in [0.1, 0.15) is 6.04 Å². The summed E-state index contributed by atoms with van der Waals surface area (Å²) in [6.07, 6.45) is 0. The van der Waals surface area contributed by atoms with Crippen molar-refractivity contribution in [1.82, 2.24) is 0 Å². The van der Waals surface area contributed by atoms with Gasteiger partial charge < -0.3 is 15.6 Å². The summed E-state index contributed by atoms with van der Waals surface area (Å²) in [6.45, 7) is 0. The van der Waals surface area contributed by atoms with Crippen LogP contribution < -0.4 is 10.5 Å². The minimum Gasteiger partial charge on any atom is -0.493 e. The van der Waals surface area contributed by atoms with E-state index < -0.39 is 29.4 Å². The number of ether oxygens (including phenoxy) is 1. The average molecular weight is 296 g/mol. The first-order valence-electron chi connectivity index (χ1n) is 4.10. The van der Waals surface area contributed by atoms with E-state index in [1.807, 2.05) is 0 Å². The molecule has 0 aliphatic rings. The zero-order valence-electron chi connectivity index (χ0n) is 8.13. The van der Waals surface area contributed by atoms with Crippen LogP contribution in [-0.4, -0.2) is 18.2 Å². The molecular weight excluding hydrogens is 288 g/mol. The van der Waals surface area contributed by atoms with Crippen LogP contribution in [0.2, 0.25) is 0 Å². The summed E-state index contributed by atoms with van der Waals surface area (Å²) in [4.78, 5) is 10.7. The first-order chi connectivity index (χ1) is 7.40. The Morgan fingerprint density at radius 3 is 2.56 bits per heavy atom. The van der Waals surface area contributed by atoms with E-state index in [1.54, 1.807) is 0 Å². The molecule has 1 atom stereocenters. The van der Waals surface area contributed by atoms with Crippen LogP contribution in [0.1, 0.15) is 11.6 Å². The lowest BCUT2D eigenvalue weighted by Crippen LogP contribution is -2.22. The van der Waals surface area contributed by atoms with Crippen molar-refractivity contribution < 1.29 is 23.4 Å². The van der Waals surface area contributed by atoms with E-state index in [1.165, 1.54) is 0 Å². The number of carboxylic acid groups (broad SMARTS) is 1. The number of nitrogens with two attached hydrogens (primary N) is 1. The number of halogens is 3. The molecule has 0 aliphatic carbocycles. The van der Waals surface area contributed by atoms with Crippen LogP contribution in [0, 0.1) is 11.6 Å². The number of hydrogen-bond acceptors (Lipinski definition) is 3. The standard InChI is InChI=1S/C9H8BrF2NO3/c1-16-8-3(7(13)9(14)15)2-4(10)5(11)6(8)12/h2,7H,13H2,1H3,(H,14,15). The van der Waals surface area contributed by atoms with Crippen molar-refractivity contribution in [2.45, 2.75) is 6.04 Å². The van der Waals surface area contributed by atoms with E-state index in [9.17, 15) is 13.6 Å². The molecule has 0 radical (unpaired) electrons. The van der Waals surface area contributed by atoms with Gasteiger partial charge in [-0.05, 0) is 22.0 Å². The van der Waals surface area contributed by atoms with Gasteiger partial charge in [0.25, 0.3) is 0 Å². The van der Waals surface area contributed by atoms with Crippen LogP contribution >= 0.6 is 15.9 Å². The molecule has 0 amide bonds. The van der Waals surface area contributed by atoms with Gasteiger partial charge in [-0.3, -0.25) is 4.79 Å². The number of carboxylic acids is 1. The van der Waals surface area contributed by atoms with Crippen LogP contribution in [0.4, 0.5) is 8.78 Å². The maximum absolute atomic E-state index is 13.4. The summed E-state index contributed by atoms with van der Waals surface area (Å²) in [5.74, 6) is -4.30. The highest BCUT2D eigenvalue weighted by Crippen LogP contribution is 2.33. The van der Waals surface area contributed by atoms with E-state index in [4.69, 9.17) is 10.8 Å². The number of rotatable bonds is 3. The number of carbonyl (C=O) groups is 1. The van der Waals surface area contributed by atoms with E-state index in [0.29, 0.717) is 0 Å². The zero-order valence-corrected chi connectivity index (χ0v) is 9.72. The molecule has 0 aromatic heterocycles. The van der Waals surface area contributed by atoms with Crippen LogP contribution in [0.15, 0.2) is 10.5 Å². The topological polar surface area (TPSA) is 72.5 Å². The Morgan fingerprint density at radius 2 is 2.12 bits per heavy atom. The van der Waals surface area contributed by atoms with E-state index in [2.05, 4.69) is 20.7 Å². The van der Waals surface area contributed by atoms with E-state index in [0.717, 1.165) is 13.2 Å². The average Bonchev–Trinajstić information content (AvgIpc) is 2.24. The van der Waals surface area contributed by atoms with E-state index in [-0.39, 0.29) is 10.0 Å². The Morgan fingerprint density at radius 1 is 1.56 bits per heavy atom. The van der Waals surface area contributed by atoms with Crippen molar-refractivity contribution in [2.75, 3.05) is 7.11 Å².